The van der Waals surface area contributed by atoms with E-state index >= 15 is 0 Å². The number of ketones is 3. The highest BCUT2D eigenvalue weighted by atomic mass is 16.3. The molecule has 0 spiro atoms. The first-order valence-corrected chi connectivity index (χ1v) is 8.58. The number of phenolic OH excluding ortho intramolecular Hbond substituents is 3. The van der Waals surface area contributed by atoms with Crippen LogP contribution in [0.5, 0.6) is 17.2 Å². The van der Waals surface area contributed by atoms with E-state index in [1.165, 1.54) is 25.1 Å². The topological polar surface area (TPSA) is 158 Å². The van der Waals surface area contributed by atoms with Gasteiger partial charge in [-0.25, -0.2) is 0 Å². The second-order valence-corrected chi connectivity index (χ2v) is 7.31. The summed E-state index contributed by atoms with van der Waals surface area (Å²) in [7, 11) is 0. The molecular formula is C20H17NO7. The van der Waals surface area contributed by atoms with E-state index in [4.69, 9.17) is 5.73 Å². The van der Waals surface area contributed by atoms with Crippen LogP contribution in [0, 0.1) is 0 Å². The molecule has 0 saturated heterocycles. The lowest BCUT2D eigenvalue weighted by molar-refractivity contribution is -0.123. The SMILES string of the molecule is CC(=O)C1(N)Cc2c(O)c3c(c(O)c2C(O)C1)C(=O)c1c(O)cccc1C3=O. The predicted octanol–water partition coefficient (Wildman–Crippen LogP) is 0.845. The van der Waals surface area contributed by atoms with Gasteiger partial charge in [0.15, 0.2) is 5.78 Å². The lowest BCUT2D eigenvalue weighted by Gasteiger charge is -2.37. The van der Waals surface area contributed by atoms with Crippen molar-refractivity contribution in [3.05, 3.63) is 51.6 Å². The van der Waals surface area contributed by atoms with Crippen molar-refractivity contribution in [1.82, 2.24) is 0 Å². The lowest BCUT2D eigenvalue weighted by atomic mass is 9.71. The number of hydrogen-bond acceptors (Lipinski definition) is 8. The first-order chi connectivity index (χ1) is 13.1. The molecule has 0 radical (unpaired) electrons. The van der Waals surface area contributed by atoms with Crippen LogP contribution in [0.15, 0.2) is 18.2 Å². The number of rotatable bonds is 1. The zero-order chi connectivity index (χ0) is 20.5. The fourth-order valence-electron chi connectivity index (χ4n) is 4.10. The smallest absolute Gasteiger partial charge is 0.202 e. The van der Waals surface area contributed by atoms with E-state index in [9.17, 15) is 34.8 Å². The van der Waals surface area contributed by atoms with E-state index in [1.807, 2.05) is 0 Å². The van der Waals surface area contributed by atoms with Gasteiger partial charge in [0.05, 0.1) is 28.3 Å². The van der Waals surface area contributed by atoms with Gasteiger partial charge in [0.25, 0.3) is 0 Å². The summed E-state index contributed by atoms with van der Waals surface area (Å²) in [6.45, 7) is 1.25. The van der Waals surface area contributed by atoms with Gasteiger partial charge >= 0.3 is 0 Å². The van der Waals surface area contributed by atoms with Crippen LogP contribution in [0.2, 0.25) is 0 Å². The van der Waals surface area contributed by atoms with Crippen molar-refractivity contribution in [2.24, 2.45) is 5.73 Å². The Morgan fingerprint density at radius 1 is 1.07 bits per heavy atom. The van der Waals surface area contributed by atoms with Crippen LogP contribution in [0.3, 0.4) is 0 Å². The van der Waals surface area contributed by atoms with Gasteiger partial charge in [0.1, 0.15) is 23.0 Å². The standard InChI is InChI=1S/C20H17NO7/c1-7(22)20(21)5-9-13(11(24)6-20)19(28)15-14(17(9)26)16(25)8-3-2-4-10(23)12(8)18(15)27/h2-4,11,23-24,26,28H,5-6,21H2,1H3. The van der Waals surface area contributed by atoms with Gasteiger partial charge in [-0.1, -0.05) is 12.1 Å². The Balaban J connectivity index is 2.05. The molecule has 144 valence electrons. The highest BCUT2D eigenvalue weighted by molar-refractivity contribution is 6.31. The molecule has 0 fully saturated rings. The van der Waals surface area contributed by atoms with Crippen LogP contribution < -0.4 is 5.73 Å². The Morgan fingerprint density at radius 3 is 2.36 bits per heavy atom. The van der Waals surface area contributed by atoms with Crippen molar-refractivity contribution in [3.8, 4) is 17.2 Å². The van der Waals surface area contributed by atoms with Gasteiger partial charge in [-0.05, 0) is 13.0 Å². The molecule has 2 aromatic carbocycles. The van der Waals surface area contributed by atoms with Gasteiger partial charge in [-0.3, -0.25) is 14.4 Å². The van der Waals surface area contributed by atoms with Crippen molar-refractivity contribution in [2.45, 2.75) is 31.4 Å². The first-order valence-electron chi connectivity index (χ1n) is 8.58. The van der Waals surface area contributed by atoms with Crippen LogP contribution in [-0.2, 0) is 11.2 Å². The van der Waals surface area contributed by atoms with Crippen molar-refractivity contribution >= 4 is 17.3 Å². The van der Waals surface area contributed by atoms with Crippen molar-refractivity contribution in [3.63, 3.8) is 0 Å². The molecular weight excluding hydrogens is 366 g/mol. The molecule has 2 aliphatic rings. The van der Waals surface area contributed by atoms with Crippen LogP contribution in [0.1, 0.15) is 62.4 Å². The quantitative estimate of drug-likeness (QED) is 0.387. The number of aliphatic hydroxyl groups excluding tert-OH is 1. The molecule has 8 nitrogen and oxygen atoms in total. The van der Waals surface area contributed by atoms with Crippen LogP contribution in [-0.4, -0.2) is 43.3 Å². The third kappa shape index (κ3) is 2.15. The van der Waals surface area contributed by atoms with Crippen molar-refractivity contribution < 1.29 is 34.8 Å². The molecule has 4 rings (SSSR count). The Labute approximate surface area is 158 Å². The summed E-state index contributed by atoms with van der Waals surface area (Å²) in [6, 6.07) is 3.94. The van der Waals surface area contributed by atoms with Crippen molar-refractivity contribution in [1.29, 1.82) is 0 Å². The number of aromatic hydroxyl groups is 3. The summed E-state index contributed by atoms with van der Waals surface area (Å²) in [4.78, 5) is 37.8. The maximum Gasteiger partial charge on any atom is 0.202 e. The van der Waals surface area contributed by atoms with Gasteiger partial charge < -0.3 is 26.2 Å². The molecule has 0 heterocycles. The van der Waals surface area contributed by atoms with Crippen LogP contribution in [0.25, 0.3) is 0 Å². The highest BCUT2D eigenvalue weighted by Gasteiger charge is 2.46. The van der Waals surface area contributed by atoms with Gasteiger partial charge in [0.2, 0.25) is 5.78 Å². The fourth-order valence-corrected chi connectivity index (χ4v) is 4.10. The zero-order valence-corrected chi connectivity index (χ0v) is 14.8. The summed E-state index contributed by atoms with van der Waals surface area (Å²) >= 11 is 0. The lowest BCUT2D eigenvalue weighted by Crippen LogP contribution is -2.52. The average Bonchev–Trinajstić information content (AvgIpc) is 2.61. The van der Waals surface area contributed by atoms with Crippen LogP contribution in [0.4, 0.5) is 0 Å². The summed E-state index contributed by atoms with van der Waals surface area (Å²) < 4.78 is 0. The molecule has 2 atom stereocenters. The molecule has 28 heavy (non-hydrogen) atoms. The number of benzene rings is 2. The number of Topliss-reactive ketones (excluding diaryl/α,β-unsaturated/α-hetero) is 1. The maximum atomic E-state index is 12.9. The van der Waals surface area contributed by atoms with Gasteiger partial charge in [-0.2, -0.15) is 0 Å². The molecule has 2 unspecified atom stereocenters. The Bertz CT molecular complexity index is 1100. The minimum atomic E-state index is -1.48. The van der Waals surface area contributed by atoms with E-state index in [0.29, 0.717) is 0 Å². The van der Waals surface area contributed by atoms with E-state index in [1.54, 1.807) is 0 Å². The molecule has 0 amide bonds. The predicted molar refractivity (Wildman–Crippen MR) is 95.6 cm³/mol. The Hall–Kier alpha value is -3.23. The minimum Gasteiger partial charge on any atom is -0.507 e. The largest absolute Gasteiger partial charge is 0.507 e. The molecule has 0 aromatic heterocycles. The molecule has 2 aliphatic carbocycles. The fraction of sp³-hybridized carbons (Fsp3) is 0.250. The summed E-state index contributed by atoms with van der Waals surface area (Å²) in [5.41, 5.74) is 3.09. The van der Waals surface area contributed by atoms with Gasteiger partial charge in [-0.15, -0.1) is 0 Å². The minimum absolute atomic E-state index is 0.0440. The summed E-state index contributed by atoms with van der Waals surface area (Å²) in [5.74, 6) is -3.73. The van der Waals surface area contributed by atoms with E-state index in [2.05, 4.69) is 0 Å². The van der Waals surface area contributed by atoms with Crippen molar-refractivity contribution in [2.75, 3.05) is 0 Å². The first kappa shape index (κ1) is 18.1. The number of phenols is 3. The molecule has 2 aromatic rings. The maximum absolute atomic E-state index is 12.9. The molecule has 6 N–H and O–H groups in total. The zero-order valence-electron chi connectivity index (χ0n) is 14.8. The second kappa shape index (κ2) is 5.63. The number of carbonyl (C=O) groups is 3. The van der Waals surface area contributed by atoms with E-state index in [0.717, 1.165) is 0 Å². The molecule has 0 saturated carbocycles. The Kier molecular flexibility index (Phi) is 3.65. The van der Waals surface area contributed by atoms with Gasteiger partial charge in [0, 0.05) is 29.5 Å². The Morgan fingerprint density at radius 2 is 1.71 bits per heavy atom. The average molecular weight is 383 g/mol. The number of hydrogen-bond donors (Lipinski definition) is 5. The van der Waals surface area contributed by atoms with E-state index in [-0.39, 0.29) is 35.1 Å². The molecule has 8 heteroatoms. The van der Waals surface area contributed by atoms with E-state index < -0.39 is 57.4 Å². The number of carbonyl (C=O) groups excluding carboxylic acids is 3. The molecule has 0 bridgehead atoms. The number of nitrogens with two attached hydrogens (primary N) is 1. The number of aliphatic hydroxyl groups is 1. The summed E-state index contributed by atoms with van der Waals surface area (Å²) in [5, 5.41) is 42.1. The monoisotopic (exact) mass is 383 g/mol. The highest BCUT2D eigenvalue weighted by Crippen LogP contribution is 2.50. The second-order valence-electron chi connectivity index (χ2n) is 7.31. The summed E-state index contributed by atoms with van der Waals surface area (Å²) in [6.07, 6.45) is -1.86. The van der Waals surface area contributed by atoms with Crippen LogP contribution >= 0.6 is 0 Å². The number of fused-ring (bicyclic) bond motifs is 3. The third-order valence-electron chi connectivity index (χ3n) is 5.64. The molecule has 0 aliphatic heterocycles. The normalized spacial score (nSPS) is 23.0. The third-order valence-corrected chi connectivity index (χ3v) is 5.64.